The third-order valence-electron chi connectivity index (χ3n) is 4.08. The van der Waals surface area contributed by atoms with Gasteiger partial charge in [0.25, 0.3) is 0 Å². The Kier molecular flexibility index (Phi) is 3.89. The second kappa shape index (κ2) is 5.80. The molecular weight excluding hydrogens is 240 g/mol. The number of rotatable bonds is 4. The molecule has 1 aromatic rings. The van der Waals surface area contributed by atoms with E-state index in [9.17, 15) is 0 Å². The van der Waals surface area contributed by atoms with Gasteiger partial charge in [-0.1, -0.05) is 12.5 Å². The van der Waals surface area contributed by atoms with Gasteiger partial charge in [0.15, 0.2) is 11.5 Å². The molecule has 1 atom stereocenters. The van der Waals surface area contributed by atoms with Gasteiger partial charge in [-0.2, -0.15) is 0 Å². The molecule has 0 spiro atoms. The van der Waals surface area contributed by atoms with Gasteiger partial charge in [-0.15, -0.1) is 0 Å². The summed E-state index contributed by atoms with van der Waals surface area (Å²) in [6, 6.07) is 6.20. The summed E-state index contributed by atoms with van der Waals surface area (Å²) in [5.74, 6) is 2.08. The molecule has 0 radical (unpaired) electrons. The molecular formula is C15H22N2O2. The second-order valence-corrected chi connectivity index (χ2v) is 5.41. The Morgan fingerprint density at radius 1 is 1.11 bits per heavy atom. The summed E-state index contributed by atoms with van der Waals surface area (Å²) in [7, 11) is 0. The Balaban J connectivity index is 1.70. The summed E-state index contributed by atoms with van der Waals surface area (Å²) in [4.78, 5) is 2.53. The zero-order valence-corrected chi connectivity index (χ0v) is 11.3. The first kappa shape index (κ1) is 12.8. The van der Waals surface area contributed by atoms with Crippen molar-refractivity contribution >= 4 is 0 Å². The lowest BCUT2D eigenvalue weighted by Crippen LogP contribution is -2.35. The largest absolute Gasteiger partial charge is 0.454 e. The summed E-state index contributed by atoms with van der Waals surface area (Å²) in [6.45, 7) is 4.48. The van der Waals surface area contributed by atoms with Crippen molar-refractivity contribution in [3.05, 3.63) is 23.8 Å². The molecule has 1 saturated heterocycles. The molecule has 2 aliphatic heterocycles. The molecule has 3 rings (SSSR count). The fraction of sp³-hybridized carbons (Fsp3) is 0.600. The van der Waals surface area contributed by atoms with E-state index in [2.05, 4.69) is 17.0 Å². The quantitative estimate of drug-likeness (QED) is 0.901. The van der Waals surface area contributed by atoms with Gasteiger partial charge in [-0.25, -0.2) is 0 Å². The smallest absolute Gasteiger partial charge is 0.231 e. The molecule has 1 aromatic carbocycles. The lowest BCUT2D eigenvalue weighted by molar-refractivity contribution is 0.174. The SMILES string of the molecule is NCC(CN1CCCCC1)c1ccc2c(c1)OCO2. The second-order valence-electron chi connectivity index (χ2n) is 5.41. The van der Waals surface area contributed by atoms with Crippen molar-refractivity contribution in [2.24, 2.45) is 5.73 Å². The number of nitrogens with zero attached hydrogens (tertiary/aromatic N) is 1. The van der Waals surface area contributed by atoms with Gasteiger partial charge in [0.05, 0.1) is 0 Å². The maximum atomic E-state index is 5.97. The van der Waals surface area contributed by atoms with Crippen molar-refractivity contribution in [2.75, 3.05) is 33.0 Å². The summed E-state index contributed by atoms with van der Waals surface area (Å²) in [5.41, 5.74) is 7.23. The molecule has 0 aromatic heterocycles. The van der Waals surface area contributed by atoms with E-state index in [1.54, 1.807) is 0 Å². The number of nitrogens with two attached hydrogens (primary N) is 1. The molecule has 0 bridgehead atoms. The Hall–Kier alpha value is -1.26. The first-order chi connectivity index (χ1) is 9.36. The fourth-order valence-corrected chi connectivity index (χ4v) is 2.94. The fourth-order valence-electron chi connectivity index (χ4n) is 2.94. The molecule has 1 fully saturated rings. The first-order valence-corrected chi connectivity index (χ1v) is 7.19. The predicted molar refractivity (Wildman–Crippen MR) is 74.7 cm³/mol. The van der Waals surface area contributed by atoms with Crippen LogP contribution in [-0.4, -0.2) is 37.9 Å². The van der Waals surface area contributed by atoms with Gasteiger partial charge < -0.3 is 20.1 Å². The van der Waals surface area contributed by atoms with Crippen molar-refractivity contribution in [1.29, 1.82) is 0 Å². The Bertz CT molecular complexity index is 430. The van der Waals surface area contributed by atoms with Crippen molar-refractivity contribution < 1.29 is 9.47 Å². The Morgan fingerprint density at radius 3 is 2.68 bits per heavy atom. The van der Waals surface area contributed by atoms with Crippen LogP contribution in [0.2, 0.25) is 0 Å². The van der Waals surface area contributed by atoms with Crippen LogP contribution in [0.1, 0.15) is 30.7 Å². The highest BCUT2D eigenvalue weighted by molar-refractivity contribution is 5.45. The zero-order valence-electron chi connectivity index (χ0n) is 11.3. The number of benzene rings is 1. The Morgan fingerprint density at radius 2 is 1.89 bits per heavy atom. The average molecular weight is 262 g/mol. The maximum Gasteiger partial charge on any atom is 0.231 e. The molecule has 19 heavy (non-hydrogen) atoms. The van der Waals surface area contributed by atoms with E-state index >= 15 is 0 Å². The van der Waals surface area contributed by atoms with E-state index in [0.717, 1.165) is 18.0 Å². The van der Waals surface area contributed by atoms with E-state index in [-0.39, 0.29) is 0 Å². The summed E-state index contributed by atoms with van der Waals surface area (Å²) in [5, 5.41) is 0. The number of ether oxygens (including phenoxy) is 2. The number of likely N-dealkylation sites (tertiary alicyclic amines) is 1. The van der Waals surface area contributed by atoms with Crippen molar-refractivity contribution in [2.45, 2.75) is 25.2 Å². The standard InChI is InChI=1S/C15H22N2O2/c16-9-13(10-17-6-2-1-3-7-17)12-4-5-14-15(8-12)19-11-18-14/h4-5,8,13H,1-3,6-7,9-11,16H2. The van der Waals surface area contributed by atoms with Crippen LogP contribution in [0.25, 0.3) is 0 Å². The van der Waals surface area contributed by atoms with E-state index in [0.29, 0.717) is 19.3 Å². The van der Waals surface area contributed by atoms with Gasteiger partial charge in [-0.05, 0) is 43.6 Å². The normalized spacial score (nSPS) is 20.5. The number of hydrogen-bond donors (Lipinski definition) is 1. The summed E-state index contributed by atoms with van der Waals surface area (Å²) in [6.07, 6.45) is 4.00. The molecule has 4 nitrogen and oxygen atoms in total. The number of fused-ring (bicyclic) bond motifs is 1. The van der Waals surface area contributed by atoms with Crippen molar-refractivity contribution in [3.63, 3.8) is 0 Å². The van der Waals surface area contributed by atoms with Crippen molar-refractivity contribution in [3.8, 4) is 11.5 Å². The predicted octanol–water partition coefficient (Wildman–Crippen LogP) is 1.94. The van der Waals surface area contributed by atoms with E-state index < -0.39 is 0 Å². The lowest BCUT2D eigenvalue weighted by atomic mass is 9.97. The van der Waals surface area contributed by atoms with Gasteiger partial charge in [-0.3, -0.25) is 0 Å². The van der Waals surface area contributed by atoms with E-state index in [1.807, 2.05) is 6.07 Å². The van der Waals surface area contributed by atoms with Gasteiger partial charge >= 0.3 is 0 Å². The third kappa shape index (κ3) is 2.85. The Labute approximate surface area is 114 Å². The molecule has 4 heteroatoms. The number of piperidine rings is 1. The highest BCUT2D eigenvalue weighted by Gasteiger charge is 2.20. The van der Waals surface area contributed by atoms with Crippen LogP contribution in [0.4, 0.5) is 0 Å². The molecule has 0 saturated carbocycles. The zero-order chi connectivity index (χ0) is 13.1. The van der Waals surface area contributed by atoms with Gasteiger partial charge in [0.2, 0.25) is 6.79 Å². The van der Waals surface area contributed by atoms with Crippen LogP contribution in [0.15, 0.2) is 18.2 Å². The van der Waals surface area contributed by atoms with Crippen molar-refractivity contribution in [1.82, 2.24) is 4.90 Å². The lowest BCUT2D eigenvalue weighted by Gasteiger charge is -2.30. The molecule has 2 N–H and O–H groups in total. The van der Waals surface area contributed by atoms with Crippen LogP contribution >= 0.6 is 0 Å². The van der Waals surface area contributed by atoms with E-state index in [4.69, 9.17) is 15.2 Å². The molecule has 0 aliphatic carbocycles. The van der Waals surface area contributed by atoms with Crippen LogP contribution < -0.4 is 15.2 Å². The van der Waals surface area contributed by atoms with Gasteiger partial charge in [0, 0.05) is 19.0 Å². The van der Waals surface area contributed by atoms with Gasteiger partial charge in [0.1, 0.15) is 0 Å². The topological polar surface area (TPSA) is 47.7 Å². The third-order valence-corrected chi connectivity index (χ3v) is 4.08. The van der Waals surface area contributed by atoms with E-state index in [1.165, 1.54) is 37.9 Å². The molecule has 104 valence electrons. The minimum Gasteiger partial charge on any atom is -0.454 e. The molecule has 1 unspecified atom stereocenters. The highest BCUT2D eigenvalue weighted by Crippen LogP contribution is 2.34. The van der Waals surface area contributed by atoms with Crippen LogP contribution in [-0.2, 0) is 0 Å². The maximum absolute atomic E-state index is 5.97. The molecule has 2 aliphatic rings. The number of hydrogen-bond acceptors (Lipinski definition) is 4. The van der Waals surface area contributed by atoms with Crippen LogP contribution in [0.3, 0.4) is 0 Å². The molecule has 2 heterocycles. The first-order valence-electron chi connectivity index (χ1n) is 7.19. The van der Waals surface area contributed by atoms with Crippen LogP contribution in [0, 0.1) is 0 Å². The minimum absolute atomic E-state index is 0.332. The molecule has 0 amide bonds. The summed E-state index contributed by atoms with van der Waals surface area (Å²) < 4.78 is 10.8. The monoisotopic (exact) mass is 262 g/mol. The van der Waals surface area contributed by atoms with Crippen LogP contribution in [0.5, 0.6) is 11.5 Å². The highest BCUT2D eigenvalue weighted by atomic mass is 16.7. The summed E-state index contributed by atoms with van der Waals surface area (Å²) >= 11 is 0. The minimum atomic E-state index is 0.332. The average Bonchev–Trinajstić information content (AvgIpc) is 2.93.